The molecule has 0 saturated carbocycles. The van der Waals surface area contributed by atoms with Crippen molar-refractivity contribution < 1.29 is 0 Å². The fourth-order valence-electron chi connectivity index (χ4n) is 1.58. The highest BCUT2D eigenvalue weighted by molar-refractivity contribution is 7.99. The molecule has 0 bridgehead atoms. The summed E-state index contributed by atoms with van der Waals surface area (Å²) in [6, 6.07) is 7.86. The topological polar surface area (TPSA) is 37.8 Å². The molecule has 106 valence electrons. The molecule has 0 aliphatic rings. The van der Waals surface area contributed by atoms with E-state index in [1.807, 2.05) is 18.2 Å². The van der Waals surface area contributed by atoms with E-state index in [-0.39, 0.29) is 5.54 Å². The number of nitrogens with zero attached hydrogens (tertiary/aromatic N) is 2. The zero-order valence-electron chi connectivity index (χ0n) is 11.9. The zero-order valence-corrected chi connectivity index (χ0v) is 13.4. The van der Waals surface area contributed by atoms with Crippen LogP contribution >= 0.6 is 23.4 Å². The van der Waals surface area contributed by atoms with Crippen LogP contribution in [0.25, 0.3) is 0 Å². The summed E-state index contributed by atoms with van der Waals surface area (Å²) < 4.78 is 0. The molecule has 1 N–H and O–H groups in total. The van der Waals surface area contributed by atoms with Crippen molar-refractivity contribution in [3.8, 4) is 0 Å². The number of hydrogen-bond donors (Lipinski definition) is 1. The van der Waals surface area contributed by atoms with Gasteiger partial charge in [0.05, 0.1) is 0 Å². The molecule has 20 heavy (non-hydrogen) atoms. The van der Waals surface area contributed by atoms with E-state index in [0.717, 1.165) is 21.5 Å². The van der Waals surface area contributed by atoms with E-state index in [4.69, 9.17) is 11.6 Å². The minimum Gasteiger partial charge on any atom is -0.308 e. The Balaban J connectivity index is 2.20. The van der Waals surface area contributed by atoms with Crippen LogP contribution < -0.4 is 5.32 Å². The van der Waals surface area contributed by atoms with E-state index < -0.39 is 0 Å². The summed E-state index contributed by atoms with van der Waals surface area (Å²) in [5.41, 5.74) is 1.30. The highest BCUT2D eigenvalue weighted by Crippen LogP contribution is 2.31. The first kappa shape index (κ1) is 15.3. The Bertz CT molecular complexity index is 567. The highest BCUT2D eigenvalue weighted by atomic mass is 35.5. The first-order chi connectivity index (χ1) is 9.44. The Morgan fingerprint density at radius 2 is 2.05 bits per heavy atom. The summed E-state index contributed by atoms with van der Waals surface area (Å²) in [7, 11) is 0. The molecular weight excluding hydrogens is 290 g/mol. The minimum atomic E-state index is 0.0799. The van der Waals surface area contributed by atoms with Crippen molar-refractivity contribution in [2.75, 3.05) is 0 Å². The van der Waals surface area contributed by atoms with Crippen LogP contribution in [0.15, 0.2) is 46.7 Å². The SMILES string of the molecule is CC(C)(C)NCc1ccc(Cl)cc1Sc1ccncn1. The van der Waals surface area contributed by atoms with Gasteiger partial charge < -0.3 is 5.32 Å². The average molecular weight is 308 g/mol. The van der Waals surface area contributed by atoms with E-state index in [1.54, 1.807) is 24.3 Å². The van der Waals surface area contributed by atoms with E-state index in [9.17, 15) is 0 Å². The van der Waals surface area contributed by atoms with Crippen LogP contribution in [-0.2, 0) is 6.54 Å². The van der Waals surface area contributed by atoms with Crippen LogP contribution in [0, 0.1) is 0 Å². The number of benzene rings is 1. The lowest BCUT2D eigenvalue weighted by atomic mass is 10.1. The molecule has 0 atom stereocenters. The first-order valence-electron chi connectivity index (χ1n) is 6.41. The first-order valence-corrected chi connectivity index (χ1v) is 7.61. The molecule has 0 unspecified atom stereocenters. The van der Waals surface area contributed by atoms with Crippen LogP contribution in [0.4, 0.5) is 0 Å². The van der Waals surface area contributed by atoms with Gasteiger partial charge in [0.25, 0.3) is 0 Å². The van der Waals surface area contributed by atoms with Gasteiger partial charge in [-0.2, -0.15) is 0 Å². The van der Waals surface area contributed by atoms with Crippen LogP contribution in [0.3, 0.4) is 0 Å². The monoisotopic (exact) mass is 307 g/mol. The lowest BCUT2D eigenvalue weighted by molar-refractivity contribution is 0.422. The van der Waals surface area contributed by atoms with Crippen LogP contribution in [-0.4, -0.2) is 15.5 Å². The van der Waals surface area contributed by atoms with Gasteiger partial charge in [-0.3, -0.25) is 0 Å². The fourth-order valence-corrected chi connectivity index (χ4v) is 2.73. The van der Waals surface area contributed by atoms with E-state index in [2.05, 4.69) is 42.1 Å². The summed E-state index contributed by atoms with van der Waals surface area (Å²) in [5, 5.41) is 5.15. The molecule has 0 fully saturated rings. The third kappa shape index (κ3) is 4.78. The molecule has 1 heterocycles. The van der Waals surface area contributed by atoms with Gasteiger partial charge >= 0.3 is 0 Å². The van der Waals surface area contributed by atoms with E-state index in [0.29, 0.717) is 0 Å². The van der Waals surface area contributed by atoms with Gasteiger partial charge in [0.15, 0.2) is 0 Å². The Morgan fingerprint density at radius 3 is 2.70 bits per heavy atom. The van der Waals surface area contributed by atoms with Gasteiger partial charge in [0.1, 0.15) is 11.4 Å². The van der Waals surface area contributed by atoms with Crippen molar-refractivity contribution in [2.45, 2.75) is 42.8 Å². The van der Waals surface area contributed by atoms with Gasteiger partial charge in [0, 0.05) is 28.2 Å². The average Bonchev–Trinajstić information content (AvgIpc) is 2.38. The smallest absolute Gasteiger partial charge is 0.116 e. The molecule has 5 heteroatoms. The molecular formula is C15H18ClN3S. The van der Waals surface area contributed by atoms with E-state index >= 15 is 0 Å². The van der Waals surface area contributed by atoms with Crippen LogP contribution in [0.1, 0.15) is 26.3 Å². The summed E-state index contributed by atoms with van der Waals surface area (Å²) in [6.07, 6.45) is 3.30. The summed E-state index contributed by atoms with van der Waals surface area (Å²) >= 11 is 7.71. The molecule has 0 aliphatic carbocycles. The van der Waals surface area contributed by atoms with Gasteiger partial charge in [-0.05, 0) is 44.5 Å². The normalized spacial score (nSPS) is 11.6. The molecule has 0 amide bonds. The third-order valence-corrected chi connectivity index (χ3v) is 3.89. The fraction of sp³-hybridized carbons (Fsp3) is 0.333. The molecule has 2 aromatic rings. The second kappa shape index (κ2) is 6.57. The van der Waals surface area contributed by atoms with Crippen molar-refractivity contribution in [2.24, 2.45) is 0 Å². The summed E-state index contributed by atoms with van der Waals surface area (Å²) in [6.45, 7) is 7.26. The maximum atomic E-state index is 6.11. The number of halogens is 1. The van der Waals surface area contributed by atoms with Crippen molar-refractivity contribution in [3.05, 3.63) is 47.4 Å². The number of hydrogen-bond acceptors (Lipinski definition) is 4. The Labute approximate surface area is 129 Å². The van der Waals surface area contributed by atoms with Gasteiger partial charge in [-0.25, -0.2) is 9.97 Å². The Hall–Kier alpha value is -1.10. The lowest BCUT2D eigenvalue weighted by Crippen LogP contribution is -2.35. The Morgan fingerprint density at radius 1 is 1.25 bits per heavy atom. The minimum absolute atomic E-state index is 0.0799. The molecule has 0 aliphatic heterocycles. The summed E-state index contributed by atoms with van der Waals surface area (Å²) in [4.78, 5) is 9.29. The number of aromatic nitrogens is 2. The van der Waals surface area contributed by atoms with Crippen LogP contribution in [0.5, 0.6) is 0 Å². The summed E-state index contributed by atoms with van der Waals surface area (Å²) in [5.74, 6) is 0. The molecule has 0 spiro atoms. The predicted molar refractivity (Wildman–Crippen MR) is 84.2 cm³/mol. The van der Waals surface area contributed by atoms with Crippen molar-refractivity contribution in [1.29, 1.82) is 0 Å². The van der Waals surface area contributed by atoms with Gasteiger partial charge in [-0.15, -0.1) is 0 Å². The molecule has 0 radical (unpaired) electrons. The maximum absolute atomic E-state index is 6.11. The lowest BCUT2D eigenvalue weighted by Gasteiger charge is -2.21. The molecule has 0 saturated heterocycles. The second-order valence-electron chi connectivity index (χ2n) is 5.51. The maximum Gasteiger partial charge on any atom is 0.116 e. The quantitative estimate of drug-likeness (QED) is 0.860. The second-order valence-corrected chi connectivity index (χ2v) is 7.00. The number of rotatable bonds is 4. The predicted octanol–water partition coefficient (Wildman–Crippen LogP) is 4.17. The molecule has 3 nitrogen and oxygen atoms in total. The number of nitrogens with one attached hydrogen (secondary N) is 1. The molecule has 1 aromatic heterocycles. The standard InChI is InChI=1S/C15H18ClN3S/c1-15(2,3)19-9-11-4-5-12(16)8-13(11)20-14-6-7-17-10-18-14/h4-8,10,19H,9H2,1-3H3. The highest BCUT2D eigenvalue weighted by Gasteiger charge is 2.11. The molecule has 1 aromatic carbocycles. The molecule has 2 rings (SSSR count). The van der Waals surface area contributed by atoms with Crippen molar-refractivity contribution in [3.63, 3.8) is 0 Å². The zero-order chi connectivity index (χ0) is 14.6. The third-order valence-electron chi connectivity index (χ3n) is 2.61. The largest absolute Gasteiger partial charge is 0.308 e. The Kier molecular flexibility index (Phi) is 5.02. The van der Waals surface area contributed by atoms with Gasteiger partial charge in [0.2, 0.25) is 0 Å². The van der Waals surface area contributed by atoms with Crippen LogP contribution in [0.2, 0.25) is 5.02 Å². The van der Waals surface area contributed by atoms with Crippen molar-refractivity contribution in [1.82, 2.24) is 15.3 Å². The van der Waals surface area contributed by atoms with E-state index in [1.165, 1.54) is 5.56 Å². The van der Waals surface area contributed by atoms with Crippen molar-refractivity contribution >= 4 is 23.4 Å². The van der Waals surface area contributed by atoms with Gasteiger partial charge in [-0.1, -0.05) is 29.4 Å².